The zero-order valence-electron chi connectivity index (χ0n) is 12.3. The maximum Gasteiger partial charge on any atom is 0.320 e. The average molecular weight is 286 g/mol. The van der Waals surface area contributed by atoms with Crippen molar-refractivity contribution >= 4 is 17.9 Å². The zero-order valence-corrected chi connectivity index (χ0v) is 12.3. The molecule has 0 aliphatic heterocycles. The fourth-order valence-electron chi connectivity index (χ4n) is 3.01. The van der Waals surface area contributed by atoms with E-state index in [0.29, 0.717) is 12.8 Å². The second-order valence-corrected chi connectivity index (χ2v) is 5.16. The molecule has 0 heterocycles. The lowest BCUT2D eigenvalue weighted by Gasteiger charge is -2.39. The van der Waals surface area contributed by atoms with Gasteiger partial charge in [0.2, 0.25) is 0 Å². The number of esters is 3. The highest BCUT2D eigenvalue weighted by atomic mass is 16.5. The van der Waals surface area contributed by atoms with Crippen molar-refractivity contribution in [3.05, 3.63) is 0 Å². The summed E-state index contributed by atoms with van der Waals surface area (Å²) in [6.45, 7) is 0. The van der Waals surface area contributed by atoms with E-state index in [2.05, 4.69) is 0 Å². The van der Waals surface area contributed by atoms with Gasteiger partial charge in [0.05, 0.1) is 27.8 Å². The van der Waals surface area contributed by atoms with E-state index >= 15 is 0 Å². The lowest BCUT2D eigenvalue weighted by atomic mass is 9.63. The van der Waals surface area contributed by atoms with E-state index in [0.717, 1.165) is 19.3 Å². The van der Waals surface area contributed by atoms with Crippen molar-refractivity contribution < 1.29 is 28.6 Å². The van der Waals surface area contributed by atoms with Crippen LogP contribution in [0.4, 0.5) is 0 Å². The molecule has 6 heteroatoms. The summed E-state index contributed by atoms with van der Waals surface area (Å²) in [6.07, 6.45) is 3.99. The molecule has 0 amide bonds. The second-order valence-electron chi connectivity index (χ2n) is 5.16. The first-order valence-corrected chi connectivity index (χ1v) is 6.73. The van der Waals surface area contributed by atoms with Crippen molar-refractivity contribution in [2.45, 2.75) is 38.5 Å². The molecule has 0 radical (unpaired) electrons. The van der Waals surface area contributed by atoms with Crippen LogP contribution in [-0.2, 0) is 28.6 Å². The lowest BCUT2D eigenvalue weighted by Crippen LogP contribution is -2.45. The van der Waals surface area contributed by atoms with Gasteiger partial charge >= 0.3 is 17.9 Å². The van der Waals surface area contributed by atoms with Crippen molar-refractivity contribution in [2.75, 3.05) is 21.3 Å². The van der Waals surface area contributed by atoms with Gasteiger partial charge in [-0.25, -0.2) is 0 Å². The zero-order chi connectivity index (χ0) is 15.2. The number of carbonyl (C=O) groups is 3. The Hall–Kier alpha value is -1.59. The van der Waals surface area contributed by atoms with Gasteiger partial charge in [0, 0.05) is 5.41 Å². The Labute approximate surface area is 118 Å². The highest BCUT2D eigenvalue weighted by Crippen LogP contribution is 2.46. The minimum absolute atomic E-state index is 0.0262. The quantitative estimate of drug-likeness (QED) is 0.432. The summed E-state index contributed by atoms with van der Waals surface area (Å²) in [5.41, 5.74) is -0.758. The van der Waals surface area contributed by atoms with Crippen LogP contribution in [0, 0.1) is 11.3 Å². The first kappa shape index (κ1) is 16.5. The highest BCUT2D eigenvalue weighted by Gasteiger charge is 2.50. The van der Waals surface area contributed by atoms with Gasteiger partial charge in [-0.2, -0.15) is 0 Å². The van der Waals surface area contributed by atoms with Crippen LogP contribution in [0.15, 0.2) is 0 Å². The largest absolute Gasteiger partial charge is 0.469 e. The van der Waals surface area contributed by atoms with E-state index in [-0.39, 0.29) is 6.42 Å². The maximum absolute atomic E-state index is 12.0. The Morgan fingerprint density at radius 3 is 1.80 bits per heavy atom. The highest BCUT2D eigenvalue weighted by molar-refractivity contribution is 5.96. The van der Waals surface area contributed by atoms with Crippen molar-refractivity contribution in [3.63, 3.8) is 0 Å². The molecular weight excluding hydrogens is 264 g/mol. The number of ether oxygens (including phenoxy) is 3. The Kier molecular flexibility index (Phi) is 5.98. The summed E-state index contributed by atoms with van der Waals surface area (Å²) in [6, 6.07) is 0. The predicted octanol–water partition coefficient (Wildman–Crippen LogP) is 1.46. The first-order valence-electron chi connectivity index (χ1n) is 6.73. The monoisotopic (exact) mass is 286 g/mol. The van der Waals surface area contributed by atoms with Crippen molar-refractivity contribution in [1.82, 2.24) is 0 Å². The summed E-state index contributed by atoms with van der Waals surface area (Å²) < 4.78 is 14.2. The van der Waals surface area contributed by atoms with Crippen molar-refractivity contribution in [1.29, 1.82) is 0 Å². The summed E-state index contributed by atoms with van der Waals surface area (Å²) >= 11 is 0. The van der Waals surface area contributed by atoms with Crippen LogP contribution in [0.5, 0.6) is 0 Å². The molecule has 0 saturated heterocycles. The van der Waals surface area contributed by atoms with Gasteiger partial charge in [0.15, 0.2) is 5.92 Å². The molecule has 0 N–H and O–H groups in total. The first-order chi connectivity index (χ1) is 9.50. The molecule has 0 unspecified atom stereocenters. The van der Waals surface area contributed by atoms with Crippen LogP contribution in [0.1, 0.15) is 38.5 Å². The Balaban J connectivity index is 3.12. The van der Waals surface area contributed by atoms with E-state index in [1.807, 2.05) is 0 Å². The summed E-state index contributed by atoms with van der Waals surface area (Å²) in [5.74, 6) is -2.80. The van der Waals surface area contributed by atoms with Crippen LogP contribution in [0.2, 0.25) is 0 Å². The molecule has 1 fully saturated rings. The van der Waals surface area contributed by atoms with Gasteiger partial charge in [-0.1, -0.05) is 19.3 Å². The molecule has 0 aromatic rings. The van der Waals surface area contributed by atoms with Gasteiger partial charge in [-0.15, -0.1) is 0 Å². The minimum Gasteiger partial charge on any atom is -0.469 e. The molecule has 0 spiro atoms. The van der Waals surface area contributed by atoms with Crippen molar-refractivity contribution in [2.24, 2.45) is 11.3 Å². The van der Waals surface area contributed by atoms with Gasteiger partial charge in [0.1, 0.15) is 0 Å². The predicted molar refractivity (Wildman–Crippen MR) is 69.7 cm³/mol. The Morgan fingerprint density at radius 2 is 1.40 bits per heavy atom. The molecule has 6 nitrogen and oxygen atoms in total. The van der Waals surface area contributed by atoms with Gasteiger partial charge < -0.3 is 14.2 Å². The van der Waals surface area contributed by atoms with E-state index < -0.39 is 29.2 Å². The molecule has 20 heavy (non-hydrogen) atoms. The molecular formula is C14H22O6. The van der Waals surface area contributed by atoms with Crippen LogP contribution in [0.25, 0.3) is 0 Å². The third-order valence-electron chi connectivity index (χ3n) is 4.06. The van der Waals surface area contributed by atoms with Crippen molar-refractivity contribution in [3.8, 4) is 0 Å². The number of rotatable bonds is 5. The molecule has 1 rings (SSSR count). The van der Waals surface area contributed by atoms with Crippen LogP contribution < -0.4 is 0 Å². The van der Waals surface area contributed by atoms with E-state index in [1.54, 1.807) is 0 Å². The average Bonchev–Trinajstić information content (AvgIpc) is 2.47. The fraction of sp³-hybridized carbons (Fsp3) is 0.786. The van der Waals surface area contributed by atoms with Crippen LogP contribution >= 0.6 is 0 Å². The maximum atomic E-state index is 12.0. The topological polar surface area (TPSA) is 78.9 Å². The number of hydrogen-bond acceptors (Lipinski definition) is 6. The molecule has 1 saturated carbocycles. The molecule has 1 aliphatic carbocycles. The summed E-state index contributed by atoms with van der Waals surface area (Å²) in [4.78, 5) is 35.7. The smallest absolute Gasteiger partial charge is 0.320 e. The number of hydrogen-bond donors (Lipinski definition) is 0. The Bertz CT molecular complexity index is 354. The number of carbonyl (C=O) groups excluding carboxylic acids is 3. The third kappa shape index (κ3) is 3.49. The molecule has 0 atom stereocenters. The molecule has 0 bridgehead atoms. The van der Waals surface area contributed by atoms with E-state index in [9.17, 15) is 14.4 Å². The summed E-state index contributed by atoms with van der Waals surface area (Å²) in [7, 11) is 3.75. The third-order valence-corrected chi connectivity index (χ3v) is 4.06. The normalized spacial score (nSPS) is 17.4. The standard InChI is InChI=1S/C14H22O6/c1-18-10(15)9-14(7-5-4-6-8-14)11(12(16)19-2)13(17)20-3/h11H,4-9H2,1-3H3. The number of methoxy groups -OCH3 is 3. The molecule has 114 valence electrons. The van der Waals surface area contributed by atoms with Gasteiger partial charge in [-0.3, -0.25) is 14.4 Å². The van der Waals surface area contributed by atoms with Crippen LogP contribution in [-0.4, -0.2) is 39.2 Å². The molecule has 0 aromatic heterocycles. The lowest BCUT2D eigenvalue weighted by molar-refractivity contribution is -0.169. The van der Waals surface area contributed by atoms with Gasteiger partial charge in [-0.05, 0) is 12.8 Å². The minimum atomic E-state index is -1.07. The summed E-state index contributed by atoms with van der Waals surface area (Å²) in [5, 5.41) is 0. The fourth-order valence-corrected chi connectivity index (χ4v) is 3.01. The molecule has 1 aliphatic rings. The van der Waals surface area contributed by atoms with Gasteiger partial charge in [0.25, 0.3) is 0 Å². The second kappa shape index (κ2) is 7.26. The SMILES string of the molecule is COC(=O)CC1(C(C(=O)OC)C(=O)OC)CCCCC1. The van der Waals surface area contributed by atoms with Crippen LogP contribution in [0.3, 0.4) is 0 Å². The van der Waals surface area contributed by atoms with E-state index in [4.69, 9.17) is 14.2 Å². The molecule has 0 aromatic carbocycles. The van der Waals surface area contributed by atoms with E-state index in [1.165, 1.54) is 21.3 Å². The Morgan fingerprint density at radius 1 is 0.900 bits per heavy atom.